The number of hydrogen-bond donors (Lipinski definition) is 0. The average Bonchev–Trinajstić information content (AvgIpc) is 2.41. The van der Waals surface area contributed by atoms with Gasteiger partial charge in [0.05, 0.1) is 5.54 Å². The predicted octanol–water partition coefficient (Wildman–Crippen LogP) is 3.58. The molecule has 0 saturated heterocycles. The Morgan fingerprint density at radius 3 is 2.37 bits per heavy atom. The van der Waals surface area contributed by atoms with Crippen molar-refractivity contribution in [3.63, 3.8) is 0 Å². The lowest BCUT2D eigenvalue weighted by molar-refractivity contribution is 0.0563. The maximum Gasteiger partial charge on any atom is 0.183 e. The number of carbonyl (C=O) groups excluding carboxylic acids is 1. The number of Topliss-reactive ketones (excluding diaryl/α,β-unsaturated/α-hetero) is 1. The highest BCUT2D eigenvalue weighted by atomic mass is 19.1. The maximum atomic E-state index is 13.7. The molecule has 1 fully saturated rings. The van der Waals surface area contributed by atoms with Crippen LogP contribution < -0.4 is 0 Å². The van der Waals surface area contributed by atoms with Gasteiger partial charge in [0.15, 0.2) is 5.78 Å². The molecule has 19 heavy (non-hydrogen) atoms. The van der Waals surface area contributed by atoms with Crippen LogP contribution in [0.3, 0.4) is 0 Å². The maximum absolute atomic E-state index is 13.7. The first-order chi connectivity index (χ1) is 8.97. The molecule has 0 bridgehead atoms. The second kappa shape index (κ2) is 5.41. The van der Waals surface area contributed by atoms with Crippen molar-refractivity contribution in [1.82, 2.24) is 4.90 Å². The first-order valence-electron chi connectivity index (χ1n) is 6.96. The highest BCUT2D eigenvalue weighted by Gasteiger charge is 2.41. The summed E-state index contributed by atoms with van der Waals surface area (Å²) in [5.74, 6) is -0.230. The molecular weight excluding hydrogens is 241 g/mol. The van der Waals surface area contributed by atoms with Crippen LogP contribution in [0.25, 0.3) is 0 Å². The smallest absolute Gasteiger partial charge is 0.183 e. The van der Waals surface area contributed by atoms with Crippen LogP contribution in [0.5, 0.6) is 0 Å². The van der Waals surface area contributed by atoms with E-state index in [2.05, 4.69) is 0 Å². The van der Waals surface area contributed by atoms with E-state index in [1.165, 1.54) is 12.5 Å². The van der Waals surface area contributed by atoms with Crippen molar-refractivity contribution < 1.29 is 9.18 Å². The highest BCUT2D eigenvalue weighted by molar-refractivity contribution is 6.03. The molecule has 2 rings (SSSR count). The zero-order valence-electron chi connectivity index (χ0n) is 12.0. The van der Waals surface area contributed by atoms with E-state index in [0.717, 1.165) is 25.7 Å². The molecule has 0 aromatic heterocycles. The standard InChI is InChI=1S/C16H22FNO/c1-12-7-8-13(11-14(12)17)15(19)16(18(2)3)9-5-4-6-10-16/h7-8,11H,4-6,9-10H2,1-3H3. The molecule has 1 saturated carbocycles. The summed E-state index contributed by atoms with van der Waals surface area (Å²) in [4.78, 5) is 14.8. The number of benzene rings is 1. The van der Waals surface area contributed by atoms with E-state index >= 15 is 0 Å². The Balaban J connectivity index is 2.36. The molecule has 0 heterocycles. The van der Waals surface area contributed by atoms with E-state index < -0.39 is 5.54 Å². The summed E-state index contributed by atoms with van der Waals surface area (Å²) < 4.78 is 13.7. The minimum absolute atomic E-state index is 0.0658. The van der Waals surface area contributed by atoms with Crippen LogP contribution >= 0.6 is 0 Å². The number of aryl methyl sites for hydroxylation is 1. The Kier molecular flexibility index (Phi) is 4.04. The summed E-state index contributed by atoms with van der Waals surface area (Å²) in [5.41, 5.74) is 0.637. The Bertz CT molecular complexity index is 476. The molecule has 0 spiro atoms. The van der Waals surface area contributed by atoms with E-state index in [4.69, 9.17) is 0 Å². The summed E-state index contributed by atoms with van der Waals surface area (Å²) in [7, 11) is 3.90. The van der Waals surface area contributed by atoms with Gasteiger partial charge in [0.2, 0.25) is 0 Å². The van der Waals surface area contributed by atoms with Crippen LogP contribution in [0.15, 0.2) is 18.2 Å². The van der Waals surface area contributed by atoms with Gasteiger partial charge in [0, 0.05) is 5.56 Å². The Labute approximate surface area is 114 Å². The first kappa shape index (κ1) is 14.2. The van der Waals surface area contributed by atoms with Crippen LogP contribution in [-0.2, 0) is 0 Å². The average molecular weight is 263 g/mol. The van der Waals surface area contributed by atoms with E-state index in [-0.39, 0.29) is 11.6 Å². The lowest BCUT2D eigenvalue weighted by Crippen LogP contribution is -2.52. The zero-order chi connectivity index (χ0) is 14.0. The molecule has 3 heteroatoms. The van der Waals surface area contributed by atoms with Gasteiger partial charge in [-0.25, -0.2) is 4.39 Å². The number of ketones is 1. The molecule has 0 unspecified atom stereocenters. The van der Waals surface area contributed by atoms with Gasteiger partial charge in [-0.15, -0.1) is 0 Å². The molecule has 0 radical (unpaired) electrons. The van der Waals surface area contributed by atoms with Gasteiger partial charge in [0.1, 0.15) is 5.82 Å². The van der Waals surface area contributed by atoms with Gasteiger partial charge < -0.3 is 0 Å². The minimum Gasteiger partial charge on any atom is -0.297 e. The monoisotopic (exact) mass is 263 g/mol. The molecule has 0 N–H and O–H groups in total. The van der Waals surface area contributed by atoms with E-state index in [1.54, 1.807) is 19.1 Å². The summed E-state index contributed by atoms with van der Waals surface area (Å²) in [6.45, 7) is 1.71. The topological polar surface area (TPSA) is 20.3 Å². The lowest BCUT2D eigenvalue weighted by atomic mass is 9.75. The third kappa shape index (κ3) is 2.57. The Morgan fingerprint density at radius 2 is 1.84 bits per heavy atom. The molecule has 1 aromatic carbocycles. The van der Waals surface area contributed by atoms with E-state index in [1.807, 2.05) is 19.0 Å². The molecule has 1 aliphatic carbocycles. The van der Waals surface area contributed by atoms with Crippen molar-refractivity contribution in [2.45, 2.75) is 44.6 Å². The molecular formula is C16H22FNO. The fourth-order valence-electron chi connectivity index (χ4n) is 3.02. The van der Waals surface area contributed by atoms with Crippen LogP contribution in [0.2, 0.25) is 0 Å². The first-order valence-corrected chi connectivity index (χ1v) is 6.96. The number of hydrogen-bond acceptors (Lipinski definition) is 2. The summed E-state index contributed by atoms with van der Waals surface area (Å²) >= 11 is 0. The highest BCUT2D eigenvalue weighted by Crippen LogP contribution is 2.35. The van der Waals surface area contributed by atoms with Gasteiger partial charge in [-0.1, -0.05) is 31.4 Å². The number of likely N-dealkylation sites (N-methyl/N-ethyl adjacent to an activating group) is 1. The lowest BCUT2D eigenvalue weighted by Gasteiger charge is -2.41. The molecule has 0 atom stereocenters. The molecule has 0 amide bonds. The second-order valence-electron chi connectivity index (χ2n) is 5.78. The number of rotatable bonds is 3. The van der Waals surface area contributed by atoms with Crippen molar-refractivity contribution in [2.24, 2.45) is 0 Å². The Morgan fingerprint density at radius 1 is 1.21 bits per heavy atom. The normalized spacial score (nSPS) is 18.6. The largest absolute Gasteiger partial charge is 0.297 e. The van der Waals surface area contributed by atoms with Gasteiger partial charge >= 0.3 is 0 Å². The van der Waals surface area contributed by atoms with Crippen molar-refractivity contribution in [3.8, 4) is 0 Å². The third-order valence-corrected chi connectivity index (χ3v) is 4.39. The summed E-state index contributed by atoms with van der Waals surface area (Å²) in [6.07, 6.45) is 5.06. The minimum atomic E-state index is -0.444. The SMILES string of the molecule is Cc1ccc(C(=O)C2(N(C)C)CCCCC2)cc1F. The van der Waals surface area contributed by atoms with Crippen LogP contribution in [0, 0.1) is 12.7 Å². The molecule has 1 aromatic rings. The van der Waals surface area contributed by atoms with Crippen LogP contribution in [-0.4, -0.2) is 30.3 Å². The quantitative estimate of drug-likeness (QED) is 0.777. The number of nitrogens with zero attached hydrogens (tertiary/aromatic N) is 1. The molecule has 104 valence electrons. The summed E-state index contributed by atoms with van der Waals surface area (Å²) in [5, 5.41) is 0. The van der Waals surface area contributed by atoms with Crippen molar-refractivity contribution in [3.05, 3.63) is 35.1 Å². The van der Waals surface area contributed by atoms with Gasteiger partial charge in [0.25, 0.3) is 0 Å². The zero-order valence-corrected chi connectivity index (χ0v) is 12.0. The van der Waals surface area contributed by atoms with Gasteiger partial charge in [-0.3, -0.25) is 9.69 Å². The molecule has 0 aliphatic heterocycles. The number of carbonyl (C=O) groups is 1. The predicted molar refractivity (Wildman–Crippen MR) is 75.0 cm³/mol. The van der Waals surface area contributed by atoms with Crippen LogP contribution in [0.1, 0.15) is 48.0 Å². The Hall–Kier alpha value is -1.22. The van der Waals surface area contributed by atoms with Crippen molar-refractivity contribution in [2.75, 3.05) is 14.1 Å². The van der Waals surface area contributed by atoms with Gasteiger partial charge in [-0.05, 0) is 45.5 Å². The molecule has 1 aliphatic rings. The fraction of sp³-hybridized carbons (Fsp3) is 0.562. The summed E-state index contributed by atoms with van der Waals surface area (Å²) in [6, 6.07) is 4.83. The van der Waals surface area contributed by atoms with Crippen LogP contribution in [0.4, 0.5) is 4.39 Å². The van der Waals surface area contributed by atoms with E-state index in [9.17, 15) is 9.18 Å². The second-order valence-corrected chi connectivity index (χ2v) is 5.78. The third-order valence-electron chi connectivity index (χ3n) is 4.39. The molecule has 2 nitrogen and oxygen atoms in total. The van der Waals surface area contributed by atoms with E-state index in [0.29, 0.717) is 11.1 Å². The van der Waals surface area contributed by atoms with Crippen molar-refractivity contribution >= 4 is 5.78 Å². The number of halogens is 1. The van der Waals surface area contributed by atoms with Gasteiger partial charge in [-0.2, -0.15) is 0 Å². The van der Waals surface area contributed by atoms with Crippen molar-refractivity contribution in [1.29, 1.82) is 0 Å². The fourth-order valence-corrected chi connectivity index (χ4v) is 3.02.